The molecule has 0 bridgehead atoms. The molecule has 6 heteroatoms. The third-order valence-electron chi connectivity index (χ3n) is 3.96. The van der Waals surface area contributed by atoms with Crippen molar-refractivity contribution in [3.8, 4) is 17.1 Å². The Morgan fingerprint density at radius 2 is 2.00 bits per heavy atom. The summed E-state index contributed by atoms with van der Waals surface area (Å²) in [6, 6.07) is 11.6. The Morgan fingerprint density at radius 3 is 2.74 bits per heavy atom. The van der Waals surface area contributed by atoms with E-state index in [-0.39, 0.29) is 18.1 Å². The summed E-state index contributed by atoms with van der Waals surface area (Å²) in [4.78, 5) is 16.5. The van der Waals surface area contributed by atoms with Gasteiger partial charge in [0.05, 0.1) is 18.5 Å². The number of hydrogen-bond acceptors (Lipinski definition) is 4. The summed E-state index contributed by atoms with van der Waals surface area (Å²) in [5.74, 6) is 1.19. The second kappa shape index (κ2) is 8.49. The molecule has 0 fully saturated rings. The zero-order valence-corrected chi connectivity index (χ0v) is 15.3. The van der Waals surface area contributed by atoms with Gasteiger partial charge in [0.1, 0.15) is 11.6 Å². The van der Waals surface area contributed by atoms with E-state index in [0.717, 1.165) is 11.1 Å². The zero-order valence-electron chi connectivity index (χ0n) is 15.3. The number of ether oxygens (including phenoxy) is 1. The molecule has 1 N–H and O–H groups in total. The highest BCUT2D eigenvalue weighted by molar-refractivity contribution is 5.92. The molecule has 0 saturated heterocycles. The molecule has 1 heterocycles. The van der Waals surface area contributed by atoms with E-state index in [1.165, 1.54) is 12.1 Å². The Labute approximate surface area is 157 Å². The van der Waals surface area contributed by atoms with Crippen molar-refractivity contribution in [1.82, 2.24) is 4.98 Å². The fourth-order valence-corrected chi connectivity index (χ4v) is 2.61. The minimum absolute atomic E-state index is 0.152. The van der Waals surface area contributed by atoms with Crippen molar-refractivity contribution in [2.45, 2.75) is 26.7 Å². The van der Waals surface area contributed by atoms with Gasteiger partial charge in [-0.1, -0.05) is 6.07 Å². The average Bonchev–Trinajstić information content (AvgIpc) is 3.12. The first kappa shape index (κ1) is 18.6. The SMILES string of the molecule is CCOc1cc(C)ccc1NC(=O)CCc1ncc(-c2ccc(F)cc2)o1. The lowest BCUT2D eigenvalue weighted by Gasteiger charge is -2.12. The Bertz CT molecular complexity index is 919. The van der Waals surface area contributed by atoms with Crippen LogP contribution in [0.1, 0.15) is 24.8 Å². The van der Waals surface area contributed by atoms with Crippen LogP contribution in [0.25, 0.3) is 11.3 Å². The fraction of sp³-hybridized carbons (Fsp3) is 0.238. The van der Waals surface area contributed by atoms with Gasteiger partial charge in [-0.05, 0) is 55.8 Å². The van der Waals surface area contributed by atoms with Crippen LogP contribution in [0.2, 0.25) is 0 Å². The molecule has 2 aromatic carbocycles. The predicted molar refractivity (Wildman–Crippen MR) is 101 cm³/mol. The molecule has 0 unspecified atom stereocenters. The van der Waals surface area contributed by atoms with Crippen LogP contribution >= 0.6 is 0 Å². The highest BCUT2D eigenvalue weighted by Crippen LogP contribution is 2.26. The van der Waals surface area contributed by atoms with Gasteiger partial charge in [0.25, 0.3) is 0 Å². The van der Waals surface area contributed by atoms with E-state index in [9.17, 15) is 9.18 Å². The first-order valence-corrected chi connectivity index (χ1v) is 8.79. The smallest absolute Gasteiger partial charge is 0.224 e. The third-order valence-corrected chi connectivity index (χ3v) is 3.96. The zero-order chi connectivity index (χ0) is 19.2. The molecule has 3 rings (SSSR count). The van der Waals surface area contributed by atoms with Crippen LogP contribution in [0.5, 0.6) is 5.75 Å². The molecule has 1 amide bonds. The fourth-order valence-electron chi connectivity index (χ4n) is 2.61. The molecule has 27 heavy (non-hydrogen) atoms. The van der Waals surface area contributed by atoms with E-state index in [1.54, 1.807) is 18.3 Å². The van der Waals surface area contributed by atoms with Gasteiger partial charge in [-0.2, -0.15) is 0 Å². The van der Waals surface area contributed by atoms with Crippen LogP contribution in [0.3, 0.4) is 0 Å². The number of oxazole rings is 1. The number of rotatable bonds is 7. The van der Waals surface area contributed by atoms with E-state index < -0.39 is 0 Å². The second-order valence-corrected chi connectivity index (χ2v) is 6.11. The van der Waals surface area contributed by atoms with Gasteiger partial charge in [-0.15, -0.1) is 0 Å². The molecule has 0 spiro atoms. The number of aromatic nitrogens is 1. The molecule has 0 radical (unpaired) electrons. The van der Waals surface area contributed by atoms with Gasteiger partial charge in [0.15, 0.2) is 11.7 Å². The van der Waals surface area contributed by atoms with Crippen LogP contribution in [0.4, 0.5) is 10.1 Å². The van der Waals surface area contributed by atoms with Crippen LogP contribution in [-0.4, -0.2) is 17.5 Å². The summed E-state index contributed by atoms with van der Waals surface area (Å²) in [7, 11) is 0. The Balaban J connectivity index is 1.59. The quantitative estimate of drug-likeness (QED) is 0.653. The van der Waals surface area contributed by atoms with Gasteiger partial charge in [0.2, 0.25) is 5.91 Å². The highest BCUT2D eigenvalue weighted by Gasteiger charge is 2.11. The number of anilines is 1. The highest BCUT2D eigenvalue weighted by atomic mass is 19.1. The van der Waals surface area contributed by atoms with Crippen molar-refractivity contribution in [1.29, 1.82) is 0 Å². The van der Waals surface area contributed by atoms with E-state index in [4.69, 9.17) is 9.15 Å². The number of nitrogens with one attached hydrogen (secondary N) is 1. The largest absolute Gasteiger partial charge is 0.492 e. The molecule has 1 aromatic heterocycles. The van der Waals surface area contributed by atoms with E-state index in [2.05, 4.69) is 10.3 Å². The number of amides is 1. The molecule has 0 aliphatic rings. The Kier molecular flexibility index (Phi) is 5.86. The predicted octanol–water partition coefficient (Wildman–Crippen LogP) is 4.76. The minimum Gasteiger partial charge on any atom is -0.492 e. The van der Waals surface area contributed by atoms with E-state index in [0.29, 0.717) is 36.1 Å². The molecule has 0 aliphatic heterocycles. The maximum Gasteiger partial charge on any atom is 0.224 e. The monoisotopic (exact) mass is 368 g/mol. The van der Waals surface area contributed by atoms with Crippen LogP contribution in [-0.2, 0) is 11.2 Å². The molecular formula is C21H21FN2O3. The topological polar surface area (TPSA) is 64.4 Å². The maximum absolute atomic E-state index is 13.0. The van der Waals surface area contributed by atoms with Gasteiger partial charge in [0, 0.05) is 18.4 Å². The maximum atomic E-state index is 13.0. The normalized spacial score (nSPS) is 10.6. The summed E-state index contributed by atoms with van der Waals surface area (Å²) >= 11 is 0. The van der Waals surface area contributed by atoms with Crippen LogP contribution in [0, 0.1) is 12.7 Å². The van der Waals surface area contributed by atoms with Crippen molar-refractivity contribution in [3.05, 3.63) is 65.9 Å². The third kappa shape index (κ3) is 4.94. The van der Waals surface area contributed by atoms with Crippen molar-refractivity contribution < 1.29 is 18.3 Å². The molecule has 3 aromatic rings. The number of carbonyl (C=O) groups excluding carboxylic acids is 1. The first-order valence-electron chi connectivity index (χ1n) is 8.79. The van der Waals surface area contributed by atoms with Crippen molar-refractivity contribution in [2.75, 3.05) is 11.9 Å². The van der Waals surface area contributed by atoms with Crippen molar-refractivity contribution >= 4 is 11.6 Å². The molecule has 0 aliphatic carbocycles. The lowest BCUT2D eigenvalue weighted by atomic mass is 10.2. The number of hydrogen-bond donors (Lipinski definition) is 1. The standard InChI is InChI=1S/C21H21FN2O3/c1-3-26-18-12-14(2)4-9-17(18)24-20(25)10-11-21-23-13-19(27-21)15-5-7-16(22)8-6-15/h4-9,12-13H,3,10-11H2,1-2H3,(H,24,25). The van der Waals surface area contributed by atoms with Gasteiger partial charge >= 0.3 is 0 Å². The lowest BCUT2D eigenvalue weighted by Crippen LogP contribution is -2.13. The van der Waals surface area contributed by atoms with E-state index in [1.807, 2.05) is 32.0 Å². The van der Waals surface area contributed by atoms with Crippen molar-refractivity contribution in [3.63, 3.8) is 0 Å². The first-order chi connectivity index (χ1) is 13.0. The number of halogens is 1. The Hall–Kier alpha value is -3.15. The summed E-state index contributed by atoms with van der Waals surface area (Å²) < 4.78 is 24.2. The molecule has 0 atom stereocenters. The van der Waals surface area contributed by atoms with Gasteiger partial charge < -0.3 is 14.5 Å². The summed E-state index contributed by atoms with van der Waals surface area (Å²) in [5, 5.41) is 2.86. The number of aryl methyl sites for hydroxylation is 2. The Morgan fingerprint density at radius 1 is 1.22 bits per heavy atom. The number of carbonyl (C=O) groups is 1. The molecular weight excluding hydrogens is 347 g/mol. The summed E-state index contributed by atoms with van der Waals surface area (Å²) in [6.45, 7) is 4.39. The molecule has 0 saturated carbocycles. The summed E-state index contributed by atoms with van der Waals surface area (Å²) in [6.07, 6.45) is 2.17. The van der Waals surface area contributed by atoms with Gasteiger partial charge in [-0.3, -0.25) is 4.79 Å². The number of nitrogens with zero attached hydrogens (tertiary/aromatic N) is 1. The minimum atomic E-state index is -0.308. The molecule has 140 valence electrons. The lowest BCUT2D eigenvalue weighted by molar-refractivity contribution is -0.116. The van der Waals surface area contributed by atoms with E-state index >= 15 is 0 Å². The van der Waals surface area contributed by atoms with Crippen molar-refractivity contribution in [2.24, 2.45) is 0 Å². The average molecular weight is 368 g/mol. The summed E-state index contributed by atoms with van der Waals surface area (Å²) in [5.41, 5.74) is 2.44. The van der Waals surface area contributed by atoms with Gasteiger partial charge in [-0.25, -0.2) is 9.37 Å². The second-order valence-electron chi connectivity index (χ2n) is 6.11. The van der Waals surface area contributed by atoms with Crippen LogP contribution in [0.15, 0.2) is 53.1 Å². The number of benzene rings is 2. The van der Waals surface area contributed by atoms with Crippen LogP contribution < -0.4 is 10.1 Å². The molecule has 5 nitrogen and oxygen atoms in total.